The van der Waals surface area contributed by atoms with Crippen molar-refractivity contribution in [3.63, 3.8) is 0 Å². The number of carbonyl (C=O) groups excluding carboxylic acids is 1. The summed E-state index contributed by atoms with van der Waals surface area (Å²) in [7, 11) is 1.84. The number of nitrogens with one attached hydrogen (secondary N) is 1. The second-order valence-electron chi connectivity index (χ2n) is 4.75. The van der Waals surface area contributed by atoms with Gasteiger partial charge in [-0.05, 0) is 30.0 Å². The summed E-state index contributed by atoms with van der Waals surface area (Å²) < 4.78 is 0. The van der Waals surface area contributed by atoms with Crippen LogP contribution in [0.25, 0.3) is 0 Å². The number of likely N-dealkylation sites (N-methyl/N-ethyl adjacent to an activating group) is 1. The lowest BCUT2D eigenvalue weighted by atomic mass is 10.1. The Kier molecular flexibility index (Phi) is 2.21. The summed E-state index contributed by atoms with van der Waals surface area (Å²) in [6, 6.07) is 7.07. The van der Waals surface area contributed by atoms with Crippen LogP contribution in [0, 0.1) is 0 Å². The number of hydrogen-bond acceptors (Lipinski definition) is 2. The van der Waals surface area contributed by atoms with Gasteiger partial charge in [0.15, 0.2) is 0 Å². The molecule has 0 atom stereocenters. The van der Waals surface area contributed by atoms with Crippen LogP contribution in [0.3, 0.4) is 0 Å². The van der Waals surface area contributed by atoms with Gasteiger partial charge < -0.3 is 10.2 Å². The minimum absolute atomic E-state index is 0.197. The van der Waals surface area contributed by atoms with E-state index >= 15 is 0 Å². The van der Waals surface area contributed by atoms with Crippen molar-refractivity contribution in [2.24, 2.45) is 0 Å². The maximum Gasteiger partial charge on any atom is 0.231 e. The van der Waals surface area contributed by atoms with Gasteiger partial charge in [-0.2, -0.15) is 0 Å². The van der Waals surface area contributed by atoms with Gasteiger partial charge in [0.05, 0.1) is 6.42 Å². The van der Waals surface area contributed by atoms with Crippen molar-refractivity contribution in [2.45, 2.75) is 31.8 Å². The predicted molar refractivity (Wildman–Crippen MR) is 63.4 cm³/mol. The van der Waals surface area contributed by atoms with Crippen molar-refractivity contribution >= 4 is 11.6 Å². The van der Waals surface area contributed by atoms with E-state index in [0.29, 0.717) is 6.42 Å². The van der Waals surface area contributed by atoms with Crippen molar-refractivity contribution in [1.82, 2.24) is 5.32 Å². The molecule has 0 radical (unpaired) electrons. The zero-order valence-corrected chi connectivity index (χ0v) is 9.49. The van der Waals surface area contributed by atoms with E-state index in [0.717, 1.165) is 18.3 Å². The maximum atomic E-state index is 11.5. The molecule has 1 N–H and O–H groups in total. The molecule has 1 amide bonds. The molecule has 0 spiro atoms. The predicted octanol–water partition coefficient (Wildman–Crippen LogP) is 1.46. The molecular weight excluding hydrogens is 200 g/mol. The Hall–Kier alpha value is -1.35. The average Bonchev–Trinajstić information content (AvgIpc) is 3.05. The van der Waals surface area contributed by atoms with E-state index in [9.17, 15) is 4.79 Å². The van der Waals surface area contributed by atoms with Crippen molar-refractivity contribution < 1.29 is 4.79 Å². The Bertz CT molecular complexity index is 438. The number of hydrogen-bond donors (Lipinski definition) is 1. The summed E-state index contributed by atoms with van der Waals surface area (Å²) in [4.78, 5) is 13.3. The molecule has 1 saturated carbocycles. The molecule has 1 aliphatic carbocycles. The molecule has 1 aliphatic heterocycles. The summed E-state index contributed by atoms with van der Waals surface area (Å²) >= 11 is 0. The monoisotopic (exact) mass is 216 g/mol. The number of nitrogens with zero attached hydrogens (tertiary/aromatic N) is 1. The zero-order chi connectivity index (χ0) is 11.1. The van der Waals surface area contributed by atoms with Crippen LogP contribution in [0.15, 0.2) is 18.2 Å². The molecule has 3 nitrogen and oxygen atoms in total. The molecule has 0 saturated heterocycles. The molecule has 1 aromatic rings. The topological polar surface area (TPSA) is 32.3 Å². The fourth-order valence-electron chi connectivity index (χ4n) is 2.18. The van der Waals surface area contributed by atoms with Crippen LogP contribution in [-0.4, -0.2) is 19.0 Å². The van der Waals surface area contributed by atoms with Gasteiger partial charge in [-0.3, -0.25) is 4.79 Å². The van der Waals surface area contributed by atoms with Gasteiger partial charge >= 0.3 is 0 Å². The molecule has 1 aromatic carbocycles. The van der Waals surface area contributed by atoms with Gasteiger partial charge in [-0.15, -0.1) is 0 Å². The smallest absolute Gasteiger partial charge is 0.231 e. The first-order valence-corrected chi connectivity index (χ1v) is 5.86. The van der Waals surface area contributed by atoms with E-state index in [1.54, 1.807) is 4.90 Å². The molecule has 84 valence electrons. The first-order chi connectivity index (χ1) is 7.74. The quantitative estimate of drug-likeness (QED) is 0.829. The van der Waals surface area contributed by atoms with Crippen LogP contribution in [-0.2, 0) is 17.8 Å². The second-order valence-corrected chi connectivity index (χ2v) is 4.75. The first-order valence-electron chi connectivity index (χ1n) is 5.86. The fourth-order valence-corrected chi connectivity index (χ4v) is 2.18. The van der Waals surface area contributed by atoms with Crippen LogP contribution in [0.1, 0.15) is 24.0 Å². The van der Waals surface area contributed by atoms with Gasteiger partial charge in [-0.1, -0.05) is 12.1 Å². The number of rotatable bonds is 3. The number of anilines is 1. The standard InChI is InChI=1S/C13H16N2O/c1-15-12-5-2-9(8-14-11-3-4-11)6-10(12)7-13(15)16/h2,5-6,11,14H,3-4,7-8H2,1H3. The molecule has 16 heavy (non-hydrogen) atoms. The lowest BCUT2D eigenvalue weighted by Gasteiger charge is -2.10. The molecule has 2 aliphatic rings. The SMILES string of the molecule is CN1C(=O)Cc2cc(CNC3CC3)ccc21. The molecule has 3 rings (SSSR count). The highest BCUT2D eigenvalue weighted by atomic mass is 16.2. The van der Waals surface area contributed by atoms with Crippen molar-refractivity contribution in [2.75, 3.05) is 11.9 Å². The van der Waals surface area contributed by atoms with Crippen molar-refractivity contribution in [3.8, 4) is 0 Å². The van der Waals surface area contributed by atoms with Gasteiger partial charge in [0.25, 0.3) is 0 Å². The van der Waals surface area contributed by atoms with E-state index in [4.69, 9.17) is 0 Å². The van der Waals surface area contributed by atoms with Crippen LogP contribution >= 0.6 is 0 Å². The highest BCUT2D eigenvalue weighted by Crippen LogP contribution is 2.28. The Morgan fingerprint density at radius 1 is 1.44 bits per heavy atom. The van der Waals surface area contributed by atoms with Gasteiger partial charge in [0, 0.05) is 25.3 Å². The number of fused-ring (bicyclic) bond motifs is 1. The number of carbonyl (C=O) groups is 1. The van der Waals surface area contributed by atoms with Crippen LogP contribution < -0.4 is 10.2 Å². The minimum atomic E-state index is 0.197. The van der Waals surface area contributed by atoms with E-state index < -0.39 is 0 Å². The third kappa shape index (κ3) is 1.71. The normalized spacial score (nSPS) is 19.1. The van der Waals surface area contributed by atoms with Crippen LogP contribution in [0.5, 0.6) is 0 Å². The first kappa shape index (κ1) is 9.85. The lowest BCUT2D eigenvalue weighted by Crippen LogP contribution is -2.20. The molecular formula is C13H16N2O. The van der Waals surface area contributed by atoms with Gasteiger partial charge in [0.2, 0.25) is 5.91 Å². The second kappa shape index (κ2) is 3.59. The molecule has 1 heterocycles. The molecule has 0 aromatic heterocycles. The average molecular weight is 216 g/mol. The molecule has 3 heteroatoms. The third-order valence-corrected chi connectivity index (χ3v) is 3.39. The Balaban J connectivity index is 1.77. The van der Waals surface area contributed by atoms with Gasteiger partial charge in [-0.25, -0.2) is 0 Å². The van der Waals surface area contributed by atoms with Crippen LogP contribution in [0.4, 0.5) is 5.69 Å². The lowest BCUT2D eigenvalue weighted by molar-refractivity contribution is -0.117. The zero-order valence-electron chi connectivity index (χ0n) is 9.49. The van der Waals surface area contributed by atoms with Crippen LogP contribution in [0.2, 0.25) is 0 Å². The highest BCUT2D eigenvalue weighted by molar-refractivity contribution is 6.00. The number of benzene rings is 1. The highest BCUT2D eigenvalue weighted by Gasteiger charge is 2.24. The van der Waals surface area contributed by atoms with E-state index in [2.05, 4.69) is 23.5 Å². The summed E-state index contributed by atoms with van der Waals surface area (Å²) in [5.41, 5.74) is 3.52. The molecule has 0 unspecified atom stereocenters. The molecule has 0 bridgehead atoms. The Morgan fingerprint density at radius 2 is 2.25 bits per heavy atom. The Labute approximate surface area is 95.4 Å². The van der Waals surface area contributed by atoms with Gasteiger partial charge in [0.1, 0.15) is 0 Å². The third-order valence-electron chi connectivity index (χ3n) is 3.39. The molecule has 1 fully saturated rings. The van der Waals surface area contributed by atoms with Crippen molar-refractivity contribution in [1.29, 1.82) is 0 Å². The number of amides is 1. The van der Waals surface area contributed by atoms with E-state index in [1.807, 2.05) is 7.05 Å². The summed E-state index contributed by atoms with van der Waals surface area (Å²) in [6.07, 6.45) is 3.18. The van der Waals surface area contributed by atoms with E-state index in [-0.39, 0.29) is 5.91 Å². The fraction of sp³-hybridized carbons (Fsp3) is 0.462. The Morgan fingerprint density at radius 3 is 3.00 bits per heavy atom. The summed E-state index contributed by atoms with van der Waals surface area (Å²) in [5, 5.41) is 3.49. The van der Waals surface area contributed by atoms with Crippen molar-refractivity contribution in [3.05, 3.63) is 29.3 Å². The minimum Gasteiger partial charge on any atom is -0.315 e. The largest absolute Gasteiger partial charge is 0.315 e. The summed E-state index contributed by atoms with van der Waals surface area (Å²) in [6.45, 7) is 0.926. The summed E-state index contributed by atoms with van der Waals surface area (Å²) in [5.74, 6) is 0.197. The van der Waals surface area contributed by atoms with E-state index in [1.165, 1.54) is 24.0 Å². The maximum absolute atomic E-state index is 11.5.